The SMILES string of the molecule is C=C1C[C@@H]2C(C)(C)OC(=O)[C@]2(Cc2ccc3ccccc3c2)C1. The Bertz CT molecular complexity index is 817. The highest BCUT2D eigenvalue weighted by Crippen LogP contribution is 2.58. The quantitative estimate of drug-likeness (QED) is 0.595. The number of hydrogen-bond donors (Lipinski definition) is 0. The fourth-order valence-corrected chi connectivity index (χ4v) is 4.63. The van der Waals surface area contributed by atoms with Gasteiger partial charge in [0.15, 0.2) is 0 Å². The summed E-state index contributed by atoms with van der Waals surface area (Å²) in [5.74, 6) is 0.181. The number of fused-ring (bicyclic) bond motifs is 2. The van der Waals surface area contributed by atoms with Gasteiger partial charge in [-0.1, -0.05) is 54.6 Å². The van der Waals surface area contributed by atoms with Crippen LogP contribution in [0.15, 0.2) is 54.6 Å². The van der Waals surface area contributed by atoms with Gasteiger partial charge in [0.2, 0.25) is 0 Å². The Hall–Kier alpha value is -2.09. The summed E-state index contributed by atoms with van der Waals surface area (Å²) in [6, 6.07) is 14.8. The number of carbonyl (C=O) groups is 1. The minimum absolute atomic E-state index is 0.0423. The molecule has 0 spiro atoms. The standard InChI is InChI=1S/C21H22O2/c1-14-10-18-20(2,3)23-19(22)21(18,12-14)13-15-8-9-16-6-4-5-7-17(16)11-15/h4-9,11,18H,1,10,12-13H2,2-3H3/t18-,21+/m1/s1. The molecular weight excluding hydrogens is 284 g/mol. The lowest BCUT2D eigenvalue weighted by Gasteiger charge is -2.28. The van der Waals surface area contributed by atoms with Crippen LogP contribution in [0.25, 0.3) is 10.8 Å². The van der Waals surface area contributed by atoms with Crippen LogP contribution in [0.5, 0.6) is 0 Å². The van der Waals surface area contributed by atoms with Crippen LogP contribution < -0.4 is 0 Å². The summed E-state index contributed by atoms with van der Waals surface area (Å²) in [6.07, 6.45) is 2.39. The highest BCUT2D eigenvalue weighted by Gasteiger charge is 2.63. The van der Waals surface area contributed by atoms with Gasteiger partial charge in [0.25, 0.3) is 0 Å². The minimum Gasteiger partial charge on any atom is -0.459 e. The molecule has 2 aliphatic rings. The zero-order valence-electron chi connectivity index (χ0n) is 13.8. The summed E-state index contributed by atoms with van der Waals surface area (Å²) in [6.45, 7) is 8.24. The first-order chi connectivity index (χ1) is 10.9. The molecule has 0 N–H and O–H groups in total. The molecule has 1 aliphatic heterocycles. The number of cyclic esters (lactones) is 1. The van der Waals surface area contributed by atoms with E-state index in [9.17, 15) is 4.79 Å². The molecule has 0 bridgehead atoms. The molecule has 2 atom stereocenters. The lowest BCUT2D eigenvalue weighted by atomic mass is 9.70. The van der Waals surface area contributed by atoms with E-state index in [1.54, 1.807) is 0 Å². The number of esters is 1. The fraction of sp³-hybridized carbons (Fsp3) is 0.381. The third-order valence-corrected chi connectivity index (χ3v) is 5.66. The third-order valence-electron chi connectivity index (χ3n) is 5.66. The lowest BCUT2D eigenvalue weighted by Crippen LogP contribution is -2.35. The molecule has 2 nitrogen and oxygen atoms in total. The highest BCUT2D eigenvalue weighted by molar-refractivity contribution is 5.85. The summed E-state index contributed by atoms with van der Waals surface area (Å²) < 4.78 is 5.75. The van der Waals surface area contributed by atoms with Crippen molar-refractivity contribution in [3.05, 3.63) is 60.2 Å². The molecular formula is C21H22O2. The van der Waals surface area contributed by atoms with Crippen LogP contribution in [0.4, 0.5) is 0 Å². The molecule has 1 heterocycles. The van der Waals surface area contributed by atoms with Gasteiger partial charge in [0.1, 0.15) is 5.60 Å². The summed E-state index contributed by atoms with van der Waals surface area (Å²) in [7, 11) is 0. The van der Waals surface area contributed by atoms with Crippen LogP contribution in [0.1, 0.15) is 32.3 Å². The monoisotopic (exact) mass is 306 g/mol. The van der Waals surface area contributed by atoms with Crippen molar-refractivity contribution in [1.82, 2.24) is 0 Å². The molecule has 23 heavy (non-hydrogen) atoms. The van der Waals surface area contributed by atoms with Gasteiger partial charge in [-0.3, -0.25) is 4.79 Å². The molecule has 0 amide bonds. The third kappa shape index (κ3) is 2.12. The average Bonchev–Trinajstić information content (AvgIpc) is 2.92. The number of carbonyl (C=O) groups excluding carboxylic acids is 1. The maximum Gasteiger partial charge on any atom is 0.313 e. The van der Waals surface area contributed by atoms with Crippen LogP contribution in [0.2, 0.25) is 0 Å². The Balaban J connectivity index is 1.75. The van der Waals surface area contributed by atoms with Crippen LogP contribution in [0.3, 0.4) is 0 Å². The smallest absolute Gasteiger partial charge is 0.313 e. The van der Waals surface area contributed by atoms with Crippen molar-refractivity contribution in [2.75, 3.05) is 0 Å². The number of benzene rings is 2. The van der Waals surface area contributed by atoms with E-state index in [1.807, 2.05) is 13.8 Å². The van der Waals surface area contributed by atoms with Gasteiger partial charge in [0.05, 0.1) is 5.41 Å². The van der Waals surface area contributed by atoms with Gasteiger partial charge in [-0.15, -0.1) is 0 Å². The van der Waals surface area contributed by atoms with Crippen molar-refractivity contribution in [3.8, 4) is 0 Å². The lowest BCUT2D eigenvalue weighted by molar-refractivity contribution is -0.152. The molecule has 1 saturated carbocycles. The van der Waals surface area contributed by atoms with Crippen LogP contribution in [-0.4, -0.2) is 11.6 Å². The molecule has 118 valence electrons. The molecule has 1 aliphatic carbocycles. The maximum atomic E-state index is 12.7. The van der Waals surface area contributed by atoms with Crippen LogP contribution in [-0.2, 0) is 16.0 Å². The topological polar surface area (TPSA) is 26.3 Å². The molecule has 2 heteroatoms. The van der Waals surface area contributed by atoms with E-state index in [1.165, 1.54) is 21.9 Å². The van der Waals surface area contributed by atoms with Gasteiger partial charge < -0.3 is 4.74 Å². The van der Waals surface area contributed by atoms with E-state index in [4.69, 9.17) is 4.74 Å². The number of allylic oxidation sites excluding steroid dienone is 1. The number of rotatable bonds is 2. The largest absolute Gasteiger partial charge is 0.459 e. The van der Waals surface area contributed by atoms with E-state index in [0.717, 1.165) is 19.3 Å². The van der Waals surface area contributed by atoms with Gasteiger partial charge in [-0.05, 0) is 49.4 Å². The predicted molar refractivity (Wildman–Crippen MR) is 92.1 cm³/mol. The zero-order valence-corrected chi connectivity index (χ0v) is 13.8. The van der Waals surface area contributed by atoms with Crippen molar-refractivity contribution >= 4 is 16.7 Å². The first-order valence-corrected chi connectivity index (χ1v) is 8.28. The second-order valence-corrected chi connectivity index (χ2v) is 7.69. The van der Waals surface area contributed by atoms with E-state index in [0.29, 0.717) is 0 Å². The Kier molecular flexibility index (Phi) is 2.96. The molecule has 1 saturated heterocycles. The van der Waals surface area contributed by atoms with Crippen molar-refractivity contribution in [2.45, 2.75) is 38.7 Å². The Morgan fingerprint density at radius 2 is 1.91 bits per heavy atom. The molecule has 4 rings (SSSR count). The Labute approximate surface area is 137 Å². The molecule has 0 aromatic heterocycles. The van der Waals surface area contributed by atoms with Gasteiger partial charge in [0, 0.05) is 5.92 Å². The Morgan fingerprint density at radius 1 is 1.17 bits per heavy atom. The Morgan fingerprint density at radius 3 is 2.70 bits per heavy atom. The average molecular weight is 306 g/mol. The van der Waals surface area contributed by atoms with Gasteiger partial charge >= 0.3 is 5.97 Å². The van der Waals surface area contributed by atoms with Gasteiger partial charge in [-0.2, -0.15) is 0 Å². The molecule has 2 aromatic rings. The van der Waals surface area contributed by atoms with E-state index in [2.05, 4.69) is 49.0 Å². The maximum absolute atomic E-state index is 12.7. The second-order valence-electron chi connectivity index (χ2n) is 7.69. The predicted octanol–water partition coefficient (Wildman–Crippen LogP) is 4.67. The van der Waals surface area contributed by atoms with Crippen LogP contribution in [0, 0.1) is 11.3 Å². The molecule has 0 radical (unpaired) electrons. The molecule has 2 fully saturated rings. The molecule has 0 unspecified atom stereocenters. The normalized spacial score (nSPS) is 28.9. The van der Waals surface area contributed by atoms with Crippen molar-refractivity contribution in [1.29, 1.82) is 0 Å². The van der Waals surface area contributed by atoms with Crippen LogP contribution >= 0.6 is 0 Å². The first-order valence-electron chi connectivity index (χ1n) is 8.28. The number of hydrogen-bond acceptors (Lipinski definition) is 2. The van der Waals surface area contributed by atoms with Crippen molar-refractivity contribution in [3.63, 3.8) is 0 Å². The fourth-order valence-electron chi connectivity index (χ4n) is 4.63. The minimum atomic E-state index is -0.428. The summed E-state index contributed by atoms with van der Waals surface area (Å²) >= 11 is 0. The van der Waals surface area contributed by atoms with Crippen molar-refractivity contribution in [2.24, 2.45) is 11.3 Å². The second kappa shape index (κ2) is 4.70. The van der Waals surface area contributed by atoms with E-state index < -0.39 is 11.0 Å². The van der Waals surface area contributed by atoms with E-state index >= 15 is 0 Å². The number of ether oxygens (including phenoxy) is 1. The van der Waals surface area contributed by atoms with Gasteiger partial charge in [-0.25, -0.2) is 0 Å². The highest BCUT2D eigenvalue weighted by atomic mass is 16.6. The summed E-state index contributed by atoms with van der Waals surface area (Å²) in [4.78, 5) is 12.7. The zero-order chi connectivity index (χ0) is 16.2. The summed E-state index contributed by atoms with van der Waals surface area (Å²) in [5.41, 5.74) is 1.56. The first kappa shape index (κ1) is 14.5. The molecule has 2 aromatic carbocycles. The summed E-state index contributed by atoms with van der Waals surface area (Å²) in [5, 5.41) is 2.45. The van der Waals surface area contributed by atoms with Crippen molar-refractivity contribution < 1.29 is 9.53 Å². The van der Waals surface area contributed by atoms with E-state index in [-0.39, 0.29) is 11.9 Å².